The van der Waals surface area contributed by atoms with Crippen LogP contribution in [-0.2, 0) is 9.59 Å². The van der Waals surface area contributed by atoms with Crippen molar-refractivity contribution in [1.29, 1.82) is 0 Å². The van der Waals surface area contributed by atoms with Crippen molar-refractivity contribution in [3.63, 3.8) is 0 Å². The monoisotopic (exact) mass is 332 g/mol. The minimum atomic E-state index is -0.176. The van der Waals surface area contributed by atoms with E-state index in [1.165, 1.54) is 4.90 Å². The quantitative estimate of drug-likeness (QED) is 0.582. The summed E-state index contributed by atoms with van der Waals surface area (Å²) < 4.78 is 1.23. The molecule has 0 saturated carbocycles. The third-order valence-electron chi connectivity index (χ3n) is 2.07. The molecule has 0 radical (unpaired) electrons. The summed E-state index contributed by atoms with van der Waals surface area (Å²) in [5.41, 5.74) is 0.633. The molecule has 0 N–H and O–H groups in total. The smallest absolute Gasteiger partial charge is 0.235 e. The van der Waals surface area contributed by atoms with Gasteiger partial charge in [-0.05, 0) is 44.0 Å². The lowest BCUT2D eigenvalue weighted by molar-refractivity contribution is -0.121. The van der Waals surface area contributed by atoms with E-state index in [0.29, 0.717) is 14.9 Å². The van der Waals surface area contributed by atoms with E-state index in [2.05, 4.69) is 36.8 Å². The van der Waals surface area contributed by atoms with E-state index in [-0.39, 0.29) is 24.7 Å². The normalized spacial score (nSPS) is 16.3. The highest BCUT2D eigenvalue weighted by atomic mass is 79.9. The minimum absolute atomic E-state index is 0.0114. The summed E-state index contributed by atoms with van der Waals surface area (Å²) in [6.45, 7) is 0.140. The van der Waals surface area contributed by atoms with Crippen molar-refractivity contribution >= 4 is 49.2 Å². The van der Waals surface area contributed by atoms with E-state index in [0.717, 1.165) is 0 Å². The van der Waals surface area contributed by atoms with E-state index in [4.69, 9.17) is 0 Å². The highest BCUT2D eigenvalue weighted by Gasteiger charge is 2.29. The number of aromatic nitrogens is 1. The topological polar surface area (TPSA) is 50.3 Å². The lowest BCUT2D eigenvalue weighted by Gasteiger charge is -2.15. The minimum Gasteiger partial charge on any atom is -0.302 e. The van der Waals surface area contributed by atoms with Crippen LogP contribution in [0.5, 0.6) is 0 Å². The van der Waals surface area contributed by atoms with Gasteiger partial charge in [0.2, 0.25) is 5.91 Å². The van der Waals surface area contributed by atoms with Crippen molar-refractivity contribution in [2.75, 3.05) is 11.4 Å². The second kappa shape index (κ2) is 4.02. The Labute approximate surface area is 103 Å². The van der Waals surface area contributed by atoms with Crippen LogP contribution >= 0.6 is 31.9 Å². The Bertz CT molecular complexity index is 448. The predicted molar refractivity (Wildman–Crippen MR) is 61.6 cm³/mol. The number of carbonyl (C=O) groups is 2. The Morgan fingerprint density at radius 2 is 2.00 bits per heavy atom. The summed E-state index contributed by atoms with van der Waals surface area (Å²) in [6, 6.07) is 3.48. The Hall–Kier alpha value is -0.750. The van der Waals surface area contributed by atoms with Crippen LogP contribution in [0.15, 0.2) is 21.3 Å². The van der Waals surface area contributed by atoms with Crippen LogP contribution in [0, 0.1) is 0 Å². The number of nitrogens with zero attached hydrogens (tertiary/aromatic N) is 2. The molecule has 0 atom stereocenters. The number of carbonyl (C=O) groups excluding carboxylic acids is 2. The number of hydrogen-bond donors (Lipinski definition) is 0. The fraction of sp³-hybridized carbons (Fsp3) is 0.222. The molecule has 1 aliphatic heterocycles. The summed E-state index contributed by atoms with van der Waals surface area (Å²) in [6.07, 6.45) is -0.0114. The molecule has 1 saturated heterocycles. The molecule has 1 aliphatic rings. The summed E-state index contributed by atoms with van der Waals surface area (Å²) in [7, 11) is 0. The van der Waals surface area contributed by atoms with Gasteiger partial charge in [-0.15, -0.1) is 0 Å². The van der Waals surface area contributed by atoms with Gasteiger partial charge in [-0.1, -0.05) is 0 Å². The molecule has 0 bridgehead atoms. The van der Waals surface area contributed by atoms with Crippen molar-refractivity contribution < 1.29 is 9.59 Å². The molecule has 1 aromatic heterocycles. The van der Waals surface area contributed by atoms with E-state index in [1.54, 1.807) is 12.1 Å². The van der Waals surface area contributed by atoms with Crippen LogP contribution in [0.25, 0.3) is 0 Å². The maximum Gasteiger partial charge on any atom is 0.235 e. The van der Waals surface area contributed by atoms with Gasteiger partial charge in [0.25, 0.3) is 0 Å². The number of rotatable bonds is 1. The SMILES string of the molecule is O=C1CC(=O)N(c2ccc(Br)nc2Br)C1. The molecular weight excluding hydrogens is 328 g/mol. The Balaban J connectivity index is 2.38. The van der Waals surface area contributed by atoms with Crippen molar-refractivity contribution in [3.05, 3.63) is 21.3 Å². The largest absolute Gasteiger partial charge is 0.302 e. The Morgan fingerprint density at radius 3 is 2.53 bits per heavy atom. The molecule has 0 aliphatic carbocycles. The summed E-state index contributed by atoms with van der Waals surface area (Å²) in [5.74, 6) is -0.236. The number of halogens is 2. The van der Waals surface area contributed by atoms with E-state index >= 15 is 0 Å². The number of pyridine rings is 1. The molecule has 4 nitrogen and oxygen atoms in total. The second-order valence-corrected chi connectivity index (χ2v) is 4.70. The summed E-state index contributed by atoms with van der Waals surface area (Å²) in [4.78, 5) is 28.1. The van der Waals surface area contributed by atoms with Crippen LogP contribution in [0.1, 0.15) is 6.42 Å². The molecule has 15 heavy (non-hydrogen) atoms. The first-order valence-corrected chi connectivity index (χ1v) is 5.80. The van der Waals surface area contributed by atoms with Gasteiger partial charge < -0.3 is 4.90 Å². The van der Waals surface area contributed by atoms with Crippen molar-refractivity contribution in [1.82, 2.24) is 4.98 Å². The number of Topliss-reactive ketones (excluding diaryl/α,β-unsaturated/α-hetero) is 1. The molecule has 0 aromatic carbocycles. The van der Waals surface area contributed by atoms with E-state index in [9.17, 15) is 9.59 Å². The van der Waals surface area contributed by atoms with E-state index < -0.39 is 0 Å². The van der Waals surface area contributed by atoms with Gasteiger partial charge in [0, 0.05) is 0 Å². The number of hydrogen-bond acceptors (Lipinski definition) is 3. The molecule has 1 aromatic rings. The first-order chi connectivity index (χ1) is 7.08. The highest BCUT2D eigenvalue weighted by Crippen LogP contribution is 2.28. The van der Waals surface area contributed by atoms with Crippen LogP contribution in [0.4, 0.5) is 5.69 Å². The molecule has 2 heterocycles. The molecule has 78 valence electrons. The average Bonchev–Trinajstić information content (AvgIpc) is 2.45. The number of amides is 1. The first kappa shape index (κ1) is 10.8. The van der Waals surface area contributed by atoms with Crippen LogP contribution in [0.2, 0.25) is 0 Å². The Kier molecular flexibility index (Phi) is 2.88. The number of anilines is 1. The second-order valence-electron chi connectivity index (χ2n) is 3.14. The first-order valence-electron chi connectivity index (χ1n) is 4.22. The van der Waals surface area contributed by atoms with Crippen LogP contribution in [0.3, 0.4) is 0 Å². The van der Waals surface area contributed by atoms with Crippen molar-refractivity contribution in [2.45, 2.75) is 6.42 Å². The lowest BCUT2D eigenvalue weighted by atomic mass is 10.3. The fourth-order valence-corrected chi connectivity index (χ4v) is 2.49. The van der Waals surface area contributed by atoms with Gasteiger partial charge in [0.05, 0.1) is 18.7 Å². The molecule has 1 fully saturated rings. The standard InChI is InChI=1S/C9H6Br2N2O2/c10-7-2-1-6(9(11)12-7)13-4-5(14)3-8(13)15/h1-2H,3-4H2. The number of ketones is 1. The Morgan fingerprint density at radius 1 is 1.27 bits per heavy atom. The van der Waals surface area contributed by atoms with E-state index in [1.807, 2.05) is 0 Å². The molecule has 0 spiro atoms. The van der Waals surface area contributed by atoms with Gasteiger partial charge >= 0.3 is 0 Å². The third-order valence-corrected chi connectivity index (χ3v) is 3.09. The highest BCUT2D eigenvalue weighted by molar-refractivity contribution is 9.11. The fourth-order valence-electron chi connectivity index (χ4n) is 1.41. The van der Waals surface area contributed by atoms with Gasteiger partial charge in [0.1, 0.15) is 9.21 Å². The summed E-state index contributed by atoms with van der Waals surface area (Å²) in [5, 5.41) is 0. The maximum absolute atomic E-state index is 11.5. The van der Waals surface area contributed by atoms with Gasteiger partial charge in [0.15, 0.2) is 5.78 Å². The zero-order valence-electron chi connectivity index (χ0n) is 7.54. The van der Waals surface area contributed by atoms with Gasteiger partial charge in [-0.3, -0.25) is 9.59 Å². The molecule has 6 heteroatoms. The lowest BCUT2D eigenvalue weighted by Crippen LogP contribution is -2.25. The molecule has 2 rings (SSSR count). The molecule has 0 unspecified atom stereocenters. The van der Waals surface area contributed by atoms with Crippen LogP contribution < -0.4 is 4.90 Å². The van der Waals surface area contributed by atoms with Crippen LogP contribution in [-0.4, -0.2) is 23.2 Å². The molecular formula is C9H6Br2N2O2. The average molecular weight is 334 g/mol. The zero-order chi connectivity index (χ0) is 11.0. The van der Waals surface area contributed by atoms with Gasteiger partial charge in [-0.2, -0.15) is 0 Å². The summed E-state index contributed by atoms with van der Waals surface area (Å²) >= 11 is 6.48. The predicted octanol–water partition coefficient (Wildman–Crippen LogP) is 1.91. The van der Waals surface area contributed by atoms with Gasteiger partial charge in [-0.25, -0.2) is 4.98 Å². The zero-order valence-corrected chi connectivity index (χ0v) is 10.7. The third kappa shape index (κ3) is 2.10. The van der Waals surface area contributed by atoms with Crippen molar-refractivity contribution in [3.8, 4) is 0 Å². The maximum atomic E-state index is 11.5. The van der Waals surface area contributed by atoms with Crippen molar-refractivity contribution in [2.24, 2.45) is 0 Å². The molecule has 1 amide bonds.